The number of aromatic nitrogens is 4. The number of fused-ring (bicyclic) bond motifs is 1. The number of hydrogen-bond acceptors (Lipinski definition) is 11. The summed E-state index contributed by atoms with van der Waals surface area (Å²) in [6, 6.07) is 10.3. The Labute approximate surface area is 254 Å². The average Bonchev–Trinajstić information content (AvgIpc) is 3.81. The van der Waals surface area contributed by atoms with Crippen molar-refractivity contribution in [2.75, 3.05) is 78.2 Å². The summed E-state index contributed by atoms with van der Waals surface area (Å²) < 4.78 is 6.68. The second-order valence-electron chi connectivity index (χ2n) is 11.3. The zero-order valence-electron chi connectivity index (χ0n) is 24.2. The van der Waals surface area contributed by atoms with E-state index in [1.165, 1.54) is 12.8 Å². The fourth-order valence-corrected chi connectivity index (χ4v) is 6.58. The lowest BCUT2D eigenvalue weighted by Crippen LogP contribution is -2.46. The van der Waals surface area contributed by atoms with Gasteiger partial charge < -0.3 is 30.5 Å². The molecule has 1 amide bonds. The highest BCUT2D eigenvalue weighted by Crippen LogP contribution is 2.36. The molecule has 0 bridgehead atoms. The number of ether oxygens (including phenoxy) is 1. The second kappa shape index (κ2) is 11.8. The number of amides is 1. The van der Waals surface area contributed by atoms with Crippen LogP contribution in [0.4, 0.5) is 28.3 Å². The topological polar surface area (TPSA) is 126 Å². The van der Waals surface area contributed by atoms with Gasteiger partial charge in [0, 0.05) is 80.7 Å². The molecule has 43 heavy (non-hydrogen) atoms. The summed E-state index contributed by atoms with van der Waals surface area (Å²) in [5.74, 6) is 1.69. The first-order valence-corrected chi connectivity index (χ1v) is 15.6. The maximum atomic E-state index is 12.5. The molecule has 0 unspecified atom stereocenters. The maximum absolute atomic E-state index is 12.5. The molecule has 0 atom stereocenters. The Morgan fingerprint density at radius 3 is 2.47 bits per heavy atom. The molecule has 7 rings (SSSR count). The Morgan fingerprint density at radius 2 is 1.72 bits per heavy atom. The van der Waals surface area contributed by atoms with E-state index in [2.05, 4.69) is 42.1 Å². The van der Waals surface area contributed by atoms with Gasteiger partial charge in [0.1, 0.15) is 5.82 Å². The first kappa shape index (κ1) is 27.5. The van der Waals surface area contributed by atoms with Gasteiger partial charge in [-0.3, -0.25) is 4.79 Å². The summed E-state index contributed by atoms with van der Waals surface area (Å²) in [6.07, 6.45) is 7.56. The lowest BCUT2D eigenvalue weighted by molar-refractivity contribution is -0.112. The van der Waals surface area contributed by atoms with Crippen LogP contribution < -0.4 is 25.8 Å². The first-order valence-electron chi connectivity index (χ1n) is 14.8. The highest BCUT2D eigenvalue weighted by molar-refractivity contribution is 7.22. The van der Waals surface area contributed by atoms with Crippen molar-refractivity contribution in [3.8, 4) is 11.3 Å². The number of anilines is 5. The van der Waals surface area contributed by atoms with Gasteiger partial charge in [0.05, 0.1) is 29.1 Å². The Balaban J connectivity index is 1.06. The molecule has 1 saturated carbocycles. The van der Waals surface area contributed by atoms with Crippen LogP contribution >= 0.6 is 11.3 Å². The minimum Gasteiger partial charge on any atom is -0.378 e. The number of carbonyl (C=O) groups is 1. The van der Waals surface area contributed by atoms with Crippen LogP contribution in [0.3, 0.4) is 0 Å². The van der Waals surface area contributed by atoms with Crippen molar-refractivity contribution < 1.29 is 9.53 Å². The summed E-state index contributed by atoms with van der Waals surface area (Å²) in [4.78, 5) is 37.8. The van der Waals surface area contributed by atoms with Gasteiger partial charge in [-0.15, -0.1) is 0 Å². The van der Waals surface area contributed by atoms with Crippen molar-refractivity contribution >= 4 is 55.7 Å². The standard InChI is InChI=1S/C31H35N9O2S/c1-20(21-2-3-21)14-29(41)35-23-4-5-27-26(15-23)37-31(43-27)40-8-6-38(7-9-40)24-16-25(22-18-33-30(32)34-19-22)36-28(17-24)39-10-12-42-13-11-39/h4-5,14-19,21H,2-3,6-13H2,1H3,(H,35,41)(H2,32,33,34)/b20-14-. The third kappa shape index (κ3) is 6.25. The number of nitrogen functional groups attached to an aromatic ring is 1. The molecule has 12 heteroatoms. The number of nitrogens with two attached hydrogens (primary N) is 1. The van der Waals surface area contributed by atoms with Crippen LogP contribution in [0.5, 0.6) is 0 Å². The minimum absolute atomic E-state index is 0.0738. The van der Waals surface area contributed by atoms with Crippen molar-refractivity contribution in [2.45, 2.75) is 19.8 Å². The maximum Gasteiger partial charge on any atom is 0.248 e. The molecule has 0 radical (unpaired) electrons. The molecule has 11 nitrogen and oxygen atoms in total. The molecule has 0 spiro atoms. The smallest absolute Gasteiger partial charge is 0.248 e. The van der Waals surface area contributed by atoms with Crippen LogP contribution in [0.25, 0.3) is 21.5 Å². The molecule has 2 saturated heterocycles. The van der Waals surface area contributed by atoms with Crippen LogP contribution in [0.15, 0.2) is 54.4 Å². The van der Waals surface area contributed by atoms with Crippen LogP contribution in [-0.2, 0) is 9.53 Å². The second-order valence-corrected chi connectivity index (χ2v) is 12.3. The number of rotatable bonds is 7. The minimum atomic E-state index is -0.0738. The van der Waals surface area contributed by atoms with Crippen molar-refractivity contribution in [2.24, 2.45) is 5.92 Å². The molecular weight excluding hydrogens is 562 g/mol. The van der Waals surface area contributed by atoms with E-state index in [0.29, 0.717) is 19.1 Å². The molecule has 3 aromatic heterocycles. The third-order valence-electron chi connectivity index (χ3n) is 8.24. The Morgan fingerprint density at radius 1 is 0.977 bits per heavy atom. The lowest BCUT2D eigenvalue weighted by Gasteiger charge is -2.37. The van der Waals surface area contributed by atoms with Crippen molar-refractivity contribution in [3.05, 3.63) is 54.4 Å². The Hall–Kier alpha value is -4.29. The predicted octanol–water partition coefficient (Wildman–Crippen LogP) is 4.19. The van der Waals surface area contributed by atoms with Gasteiger partial charge in [-0.2, -0.15) is 0 Å². The van der Waals surface area contributed by atoms with Crippen molar-refractivity contribution in [1.82, 2.24) is 19.9 Å². The van der Waals surface area contributed by atoms with Gasteiger partial charge in [-0.25, -0.2) is 19.9 Å². The number of allylic oxidation sites excluding steroid dienone is 1. The van der Waals surface area contributed by atoms with Crippen molar-refractivity contribution in [1.29, 1.82) is 0 Å². The normalized spacial score (nSPS) is 17.9. The summed E-state index contributed by atoms with van der Waals surface area (Å²) >= 11 is 1.69. The van der Waals surface area contributed by atoms with Gasteiger partial charge >= 0.3 is 0 Å². The largest absolute Gasteiger partial charge is 0.378 e. The van der Waals surface area contributed by atoms with Crippen LogP contribution in [0.1, 0.15) is 19.8 Å². The predicted molar refractivity (Wildman–Crippen MR) is 172 cm³/mol. The SMILES string of the molecule is C/C(=C/C(=O)Nc1ccc2sc(N3CCN(c4cc(-c5cnc(N)nc5)nc(N5CCOCC5)c4)CC3)nc2c1)C1CC1. The van der Waals surface area contributed by atoms with Crippen LogP contribution in [-0.4, -0.2) is 78.3 Å². The summed E-state index contributed by atoms with van der Waals surface area (Å²) in [5, 5.41) is 4.01. The van der Waals surface area contributed by atoms with E-state index in [0.717, 1.165) is 88.6 Å². The summed E-state index contributed by atoms with van der Waals surface area (Å²) in [6.45, 7) is 8.45. The van der Waals surface area contributed by atoms with E-state index in [-0.39, 0.29) is 11.9 Å². The molecule has 2 aliphatic heterocycles. The zero-order chi connectivity index (χ0) is 29.3. The molecule has 3 N–H and O–H groups in total. The number of hydrogen-bond donors (Lipinski definition) is 2. The van der Waals surface area contributed by atoms with Gasteiger partial charge in [-0.1, -0.05) is 16.9 Å². The monoisotopic (exact) mass is 597 g/mol. The zero-order valence-corrected chi connectivity index (χ0v) is 25.0. The van der Waals surface area contributed by atoms with E-state index < -0.39 is 0 Å². The van der Waals surface area contributed by atoms with E-state index >= 15 is 0 Å². The fraction of sp³-hybridized carbons (Fsp3) is 0.387. The highest BCUT2D eigenvalue weighted by Gasteiger charge is 2.24. The number of carbonyl (C=O) groups excluding carboxylic acids is 1. The van der Waals surface area contributed by atoms with E-state index in [4.69, 9.17) is 20.4 Å². The molecule has 222 valence electrons. The van der Waals surface area contributed by atoms with Gasteiger partial charge in [0.15, 0.2) is 5.13 Å². The Bertz CT molecular complexity index is 1650. The molecule has 1 aromatic carbocycles. The van der Waals surface area contributed by atoms with Gasteiger partial charge in [0.2, 0.25) is 11.9 Å². The fourth-order valence-electron chi connectivity index (χ4n) is 5.58. The third-order valence-corrected chi connectivity index (χ3v) is 9.34. The molecule has 1 aliphatic carbocycles. The number of nitrogens with one attached hydrogen (secondary N) is 1. The van der Waals surface area contributed by atoms with Gasteiger partial charge in [0.25, 0.3) is 0 Å². The number of thiazole rings is 1. The Kier molecular flexibility index (Phi) is 7.54. The number of piperazine rings is 1. The number of nitrogens with zero attached hydrogens (tertiary/aromatic N) is 7. The van der Waals surface area contributed by atoms with Gasteiger partial charge in [-0.05, 0) is 49.9 Å². The summed E-state index contributed by atoms with van der Waals surface area (Å²) in [7, 11) is 0. The number of pyridine rings is 1. The van der Waals surface area contributed by atoms with Crippen LogP contribution in [0.2, 0.25) is 0 Å². The van der Waals surface area contributed by atoms with E-state index in [1.807, 2.05) is 25.1 Å². The van der Waals surface area contributed by atoms with Crippen LogP contribution in [0, 0.1) is 5.92 Å². The van der Waals surface area contributed by atoms with E-state index in [9.17, 15) is 4.79 Å². The number of benzene rings is 1. The first-order chi connectivity index (χ1) is 21.0. The lowest BCUT2D eigenvalue weighted by atomic mass is 10.1. The quantitative estimate of drug-likeness (QED) is 0.300. The van der Waals surface area contributed by atoms with E-state index in [1.54, 1.807) is 29.8 Å². The highest BCUT2D eigenvalue weighted by atomic mass is 32.1. The summed E-state index contributed by atoms with van der Waals surface area (Å²) in [5.41, 5.74) is 11.4. The average molecular weight is 598 g/mol. The van der Waals surface area contributed by atoms with Crippen molar-refractivity contribution in [3.63, 3.8) is 0 Å². The molecule has 4 aromatic rings. The molecule has 5 heterocycles. The molecule has 3 aliphatic rings. The number of morpholine rings is 1. The molecular formula is C31H35N9O2S. The molecule has 3 fully saturated rings.